The Balaban J connectivity index is 1.23. The normalized spacial score (nSPS) is 25.8. The van der Waals surface area contributed by atoms with E-state index in [1.807, 2.05) is 6.08 Å². The molecule has 33 heavy (non-hydrogen) atoms. The second kappa shape index (κ2) is 15.4. The van der Waals surface area contributed by atoms with E-state index in [-0.39, 0.29) is 0 Å². The lowest BCUT2D eigenvalue weighted by atomic mass is 9.76. The van der Waals surface area contributed by atoms with Gasteiger partial charge in [0.05, 0.1) is 6.07 Å². The van der Waals surface area contributed by atoms with Crippen LogP contribution in [0.25, 0.3) is 0 Å². The molecule has 1 nitrogen and oxygen atoms in total. The molecule has 0 heterocycles. The highest BCUT2D eigenvalue weighted by Gasteiger charge is 2.23. The summed E-state index contributed by atoms with van der Waals surface area (Å²) in [6, 6.07) is 11.8. The van der Waals surface area contributed by atoms with Crippen LogP contribution >= 0.6 is 0 Å². The predicted octanol–water partition coefficient (Wildman–Crippen LogP) is 9.92. The zero-order valence-electron chi connectivity index (χ0n) is 21.4. The van der Waals surface area contributed by atoms with E-state index >= 15 is 0 Å². The molecule has 3 rings (SSSR count). The van der Waals surface area contributed by atoms with Gasteiger partial charge < -0.3 is 0 Å². The molecule has 0 atom stereocenters. The smallest absolute Gasteiger partial charge is 0.0908 e. The second-order valence-corrected chi connectivity index (χ2v) is 11.2. The van der Waals surface area contributed by atoms with Crippen molar-refractivity contribution in [2.24, 2.45) is 17.8 Å². The molecule has 2 saturated carbocycles. The van der Waals surface area contributed by atoms with E-state index < -0.39 is 0 Å². The van der Waals surface area contributed by atoms with E-state index in [9.17, 15) is 0 Å². The summed E-state index contributed by atoms with van der Waals surface area (Å²) in [6.07, 6.45) is 28.7. The Morgan fingerprint density at radius 3 is 1.91 bits per heavy atom. The summed E-state index contributed by atoms with van der Waals surface area (Å²) in [4.78, 5) is 0. The van der Waals surface area contributed by atoms with Crippen molar-refractivity contribution in [1.29, 1.82) is 5.26 Å². The molecule has 0 amide bonds. The van der Waals surface area contributed by atoms with Crippen LogP contribution in [0.2, 0.25) is 0 Å². The minimum Gasteiger partial charge on any atom is -0.193 e. The number of nitrogens with zero attached hydrogens (tertiary/aromatic N) is 1. The highest BCUT2D eigenvalue weighted by Crippen LogP contribution is 2.39. The van der Waals surface area contributed by atoms with Crippen molar-refractivity contribution in [2.45, 2.75) is 128 Å². The molecule has 182 valence electrons. The van der Waals surface area contributed by atoms with E-state index in [4.69, 9.17) is 5.26 Å². The largest absolute Gasteiger partial charge is 0.193 e. The number of benzene rings is 1. The van der Waals surface area contributed by atoms with Crippen LogP contribution in [0.4, 0.5) is 0 Å². The maximum Gasteiger partial charge on any atom is 0.0908 e. The number of unbranched alkanes of at least 4 members (excludes halogenated alkanes) is 3. The number of aryl methyl sites for hydroxylation is 1. The van der Waals surface area contributed by atoms with Gasteiger partial charge in [0.25, 0.3) is 0 Å². The van der Waals surface area contributed by atoms with Crippen molar-refractivity contribution in [2.75, 3.05) is 0 Å². The molecule has 0 bridgehead atoms. The standard InChI is InChI=1S/C32H49N/c1-2-3-5-10-29-18-22-31(23-19-29)32-24-20-30(21-25-32)13-8-7-12-28-16-14-27(15-17-28)11-6-4-9-26-33/h4,9,18-19,22-23,27-28,30,32H,2-3,5-8,10-17,20-21,24-25H2,1H3/t27-,28-,30-,32-. The van der Waals surface area contributed by atoms with E-state index in [1.54, 1.807) is 11.6 Å². The first kappa shape index (κ1) is 26.1. The molecule has 2 fully saturated rings. The number of rotatable bonds is 13. The fourth-order valence-electron chi connectivity index (χ4n) is 6.46. The van der Waals surface area contributed by atoms with Crippen molar-refractivity contribution in [3.63, 3.8) is 0 Å². The van der Waals surface area contributed by atoms with E-state index in [0.29, 0.717) is 0 Å². The number of nitriles is 1. The lowest BCUT2D eigenvalue weighted by molar-refractivity contribution is 0.244. The minimum atomic E-state index is 0.816. The maximum atomic E-state index is 8.58. The highest BCUT2D eigenvalue weighted by atomic mass is 14.3. The molecular formula is C32H49N. The first-order valence-corrected chi connectivity index (χ1v) is 14.4. The summed E-state index contributed by atoms with van der Waals surface area (Å²) < 4.78 is 0. The van der Waals surface area contributed by atoms with Crippen LogP contribution in [0.1, 0.15) is 133 Å². The summed E-state index contributed by atoms with van der Waals surface area (Å²) >= 11 is 0. The Labute approximate surface area is 205 Å². The third kappa shape index (κ3) is 9.68. The average molecular weight is 448 g/mol. The molecule has 0 aliphatic heterocycles. The van der Waals surface area contributed by atoms with Crippen molar-refractivity contribution in [3.05, 3.63) is 47.5 Å². The first-order valence-electron chi connectivity index (χ1n) is 14.4. The Hall–Kier alpha value is -1.55. The summed E-state index contributed by atoms with van der Waals surface area (Å²) in [5.74, 6) is 3.72. The monoisotopic (exact) mass is 447 g/mol. The molecule has 2 aliphatic carbocycles. The van der Waals surface area contributed by atoms with Crippen LogP contribution < -0.4 is 0 Å². The number of hydrogen-bond donors (Lipinski definition) is 0. The molecule has 1 aromatic carbocycles. The van der Waals surface area contributed by atoms with Gasteiger partial charge >= 0.3 is 0 Å². The SMILES string of the molecule is CCCCCc1ccc([C@H]2CC[C@H](CCCC[C@H]3CC[C@H](CCC=CC#N)CC3)CC2)cc1. The van der Waals surface area contributed by atoms with E-state index in [0.717, 1.165) is 30.1 Å². The van der Waals surface area contributed by atoms with Gasteiger partial charge in [-0.15, -0.1) is 0 Å². The van der Waals surface area contributed by atoms with Crippen LogP contribution in [0, 0.1) is 29.1 Å². The lowest BCUT2D eigenvalue weighted by Gasteiger charge is -2.30. The molecule has 1 aromatic rings. The van der Waals surface area contributed by atoms with Gasteiger partial charge in [0, 0.05) is 6.08 Å². The van der Waals surface area contributed by atoms with E-state index in [2.05, 4.69) is 37.3 Å². The summed E-state index contributed by atoms with van der Waals surface area (Å²) in [5, 5.41) is 8.58. The molecule has 0 aromatic heterocycles. The molecule has 0 saturated heterocycles. The molecule has 0 spiro atoms. The third-order valence-corrected chi connectivity index (χ3v) is 8.74. The first-order chi connectivity index (χ1) is 16.3. The quantitative estimate of drug-likeness (QED) is 0.218. The number of hydrogen-bond acceptors (Lipinski definition) is 1. The second-order valence-electron chi connectivity index (χ2n) is 11.2. The summed E-state index contributed by atoms with van der Waals surface area (Å²) in [7, 11) is 0. The maximum absolute atomic E-state index is 8.58. The Morgan fingerprint density at radius 1 is 0.758 bits per heavy atom. The fourth-order valence-corrected chi connectivity index (χ4v) is 6.46. The van der Waals surface area contributed by atoms with Gasteiger partial charge in [0.15, 0.2) is 0 Å². The Kier molecular flexibility index (Phi) is 12.1. The van der Waals surface area contributed by atoms with E-state index in [1.165, 1.54) is 115 Å². The lowest BCUT2D eigenvalue weighted by Crippen LogP contribution is -2.15. The van der Waals surface area contributed by atoms with Gasteiger partial charge in [0.1, 0.15) is 0 Å². The Morgan fingerprint density at radius 2 is 1.33 bits per heavy atom. The van der Waals surface area contributed by atoms with Crippen LogP contribution in [-0.2, 0) is 6.42 Å². The molecule has 2 aliphatic rings. The summed E-state index contributed by atoms with van der Waals surface area (Å²) in [6.45, 7) is 2.28. The molecular weight excluding hydrogens is 398 g/mol. The van der Waals surface area contributed by atoms with Gasteiger partial charge in [-0.1, -0.05) is 101 Å². The van der Waals surface area contributed by atoms with Gasteiger partial charge in [0.2, 0.25) is 0 Å². The van der Waals surface area contributed by atoms with Gasteiger partial charge in [-0.3, -0.25) is 0 Å². The molecule has 0 N–H and O–H groups in total. The molecule has 0 radical (unpaired) electrons. The zero-order valence-corrected chi connectivity index (χ0v) is 21.4. The predicted molar refractivity (Wildman–Crippen MR) is 142 cm³/mol. The topological polar surface area (TPSA) is 23.8 Å². The number of allylic oxidation sites excluding steroid dienone is 2. The van der Waals surface area contributed by atoms with Gasteiger partial charge in [-0.25, -0.2) is 0 Å². The molecule has 1 heteroatoms. The van der Waals surface area contributed by atoms with Crippen LogP contribution in [-0.4, -0.2) is 0 Å². The Bertz CT molecular complexity index is 693. The summed E-state index contributed by atoms with van der Waals surface area (Å²) in [5.41, 5.74) is 3.13. The van der Waals surface area contributed by atoms with Crippen molar-refractivity contribution < 1.29 is 0 Å². The van der Waals surface area contributed by atoms with Crippen molar-refractivity contribution in [1.82, 2.24) is 0 Å². The van der Waals surface area contributed by atoms with Crippen LogP contribution in [0.15, 0.2) is 36.4 Å². The zero-order chi connectivity index (χ0) is 23.1. The van der Waals surface area contributed by atoms with Gasteiger partial charge in [-0.05, 0) is 86.2 Å². The average Bonchev–Trinajstić information content (AvgIpc) is 2.86. The highest BCUT2D eigenvalue weighted by molar-refractivity contribution is 5.26. The minimum absolute atomic E-state index is 0.816. The van der Waals surface area contributed by atoms with Gasteiger partial charge in [-0.2, -0.15) is 5.26 Å². The van der Waals surface area contributed by atoms with Crippen molar-refractivity contribution >= 4 is 0 Å². The van der Waals surface area contributed by atoms with Crippen molar-refractivity contribution in [3.8, 4) is 6.07 Å². The fraction of sp³-hybridized carbons (Fsp3) is 0.719. The third-order valence-electron chi connectivity index (χ3n) is 8.74. The molecule has 0 unspecified atom stereocenters. The van der Waals surface area contributed by atoms with Crippen LogP contribution in [0.3, 0.4) is 0 Å². The van der Waals surface area contributed by atoms with Crippen LogP contribution in [0.5, 0.6) is 0 Å².